The second-order valence-corrected chi connectivity index (χ2v) is 5.31. The smallest absolute Gasteiger partial charge is 0.305 e. The minimum atomic E-state index is -0.670. The first kappa shape index (κ1) is 12.8. The average Bonchev–Trinajstić information content (AvgIpc) is 2.58. The molecular formula is C13H23NO3. The summed E-state index contributed by atoms with van der Waals surface area (Å²) in [4.78, 5) is 13.6. The van der Waals surface area contributed by atoms with Gasteiger partial charge in [0, 0.05) is 18.8 Å². The number of carboxylic acids is 1. The highest BCUT2D eigenvalue weighted by Crippen LogP contribution is 2.33. The van der Waals surface area contributed by atoms with Crippen LogP contribution in [0.1, 0.15) is 44.9 Å². The topological polar surface area (TPSA) is 49.8 Å². The normalized spacial score (nSPS) is 26.4. The fraction of sp³-hybridized carbons (Fsp3) is 0.923. The molecule has 2 saturated heterocycles. The Morgan fingerprint density at radius 1 is 1.12 bits per heavy atom. The van der Waals surface area contributed by atoms with E-state index in [4.69, 9.17) is 9.84 Å². The molecule has 0 spiro atoms. The first-order valence-corrected chi connectivity index (χ1v) is 6.78. The summed E-state index contributed by atoms with van der Waals surface area (Å²) >= 11 is 0. The van der Waals surface area contributed by atoms with Gasteiger partial charge in [-0.2, -0.15) is 0 Å². The molecular weight excluding hydrogens is 218 g/mol. The highest BCUT2D eigenvalue weighted by molar-refractivity contribution is 5.68. The number of nitrogens with zero attached hydrogens (tertiary/aromatic N) is 1. The molecule has 4 nitrogen and oxygen atoms in total. The molecule has 2 rings (SSSR count). The van der Waals surface area contributed by atoms with Crippen LogP contribution in [0, 0.1) is 0 Å². The van der Waals surface area contributed by atoms with Gasteiger partial charge in [0.25, 0.3) is 0 Å². The summed E-state index contributed by atoms with van der Waals surface area (Å²) in [5.41, 5.74) is -0.131. The molecule has 2 aliphatic rings. The SMILES string of the molecule is O=C(O)CC1(N2CCCCCC2)CCOCC1. The molecule has 0 unspecified atom stereocenters. The van der Waals surface area contributed by atoms with Crippen molar-refractivity contribution in [2.45, 2.75) is 50.5 Å². The van der Waals surface area contributed by atoms with Gasteiger partial charge in [0.15, 0.2) is 0 Å². The summed E-state index contributed by atoms with van der Waals surface area (Å²) in [6.45, 7) is 3.55. The predicted octanol–water partition coefficient (Wildman–Crippen LogP) is 1.89. The molecule has 0 saturated carbocycles. The molecule has 2 heterocycles. The number of rotatable bonds is 3. The van der Waals surface area contributed by atoms with E-state index in [9.17, 15) is 4.79 Å². The number of hydrogen-bond donors (Lipinski definition) is 1. The maximum absolute atomic E-state index is 11.1. The molecule has 17 heavy (non-hydrogen) atoms. The summed E-state index contributed by atoms with van der Waals surface area (Å²) in [6, 6.07) is 0. The second kappa shape index (κ2) is 5.83. The van der Waals surface area contributed by atoms with Crippen molar-refractivity contribution in [3.63, 3.8) is 0 Å². The lowest BCUT2D eigenvalue weighted by Gasteiger charge is -2.45. The van der Waals surface area contributed by atoms with Crippen LogP contribution in [0.3, 0.4) is 0 Å². The molecule has 0 aliphatic carbocycles. The molecule has 4 heteroatoms. The lowest BCUT2D eigenvalue weighted by molar-refractivity contribution is -0.143. The van der Waals surface area contributed by atoms with E-state index < -0.39 is 5.97 Å². The van der Waals surface area contributed by atoms with Crippen molar-refractivity contribution < 1.29 is 14.6 Å². The second-order valence-electron chi connectivity index (χ2n) is 5.31. The van der Waals surface area contributed by atoms with Gasteiger partial charge in [-0.15, -0.1) is 0 Å². The zero-order valence-corrected chi connectivity index (χ0v) is 10.5. The highest BCUT2D eigenvalue weighted by Gasteiger charge is 2.40. The number of likely N-dealkylation sites (tertiary alicyclic amines) is 1. The van der Waals surface area contributed by atoms with Crippen molar-refractivity contribution in [2.75, 3.05) is 26.3 Å². The number of carboxylic acid groups (broad SMARTS) is 1. The Bertz CT molecular complexity index is 253. The van der Waals surface area contributed by atoms with E-state index in [0.717, 1.165) is 25.9 Å². The van der Waals surface area contributed by atoms with Crippen LogP contribution in [0.15, 0.2) is 0 Å². The predicted molar refractivity (Wildman–Crippen MR) is 65.1 cm³/mol. The van der Waals surface area contributed by atoms with Gasteiger partial charge in [0.05, 0.1) is 6.42 Å². The summed E-state index contributed by atoms with van der Waals surface area (Å²) in [7, 11) is 0. The maximum atomic E-state index is 11.1. The minimum absolute atomic E-state index is 0.131. The summed E-state index contributed by atoms with van der Waals surface area (Å²) < 4.78 is 5.41. The van der Waals surface area contributed by atoms with Gasteiger partial charge in [-0.3, -0.25) is 9.69 Å². The monoisotopic (exact) mass is 241 g/mol. The molecule has 98 valence electrons. The van der Waals surface area contributed by atoms with Gasteiger partial charge in [-0.05, 0) is 38.8 Å². The molecule has 0 aromatic carbocycles. The van der Waals surface area contributed by atoms with Crippen LogP contribution < -0.4 is 0 Å². The molecule has 0 bridgehead atoms. The van der Waals surface area contributed by atoms with Gasteiger partial charge in [-0.25, -0.2) is 0 Å². The zero-order chi connectivity index (χ0) is 12.1. The van der Waals surface area contributed by atoms with Gasteiger partial charge >= 0.3 is 5.97 Å². The molecule has 1 N–H and O–H groups in total. The number of carbonyl (C=O) groups is 1. The van der Waals surface area contributed by atoms with Crippen LogP contribution in [-0.2, 0) is 9.53 Å². The Morgan fingerprint density at radius 2 is 1.71 bits per heavy atom. The lowest BCUT2D eigenvalue weighted by Crippen LogP contribution is -2.53. The highest BCUT2D eigenvalue weighted by atomic mass is 16.5. The van der Waals surface area contributed by atoms with E-state index in [1.165, 1.54) is 25.7 Å². The fourth-order valence-electron chi connectivity index (χ4n) is 3.18. The van der Waals surface area contributed by atoms with Crippen molar-refractivity contribution in [1.82, 2.24) is 4.90 Å². The molecule has 2 aliphatic heterocycles. The minimum Gasteiger partial charge on any atom is -0.481 e. The fourth-order valence-corrected chi connectivity index (χ4v) is 3.18. The van der Waals surface area contributed by atoms with Crippen LogP contribution in [-0.4, -0.2) is 47.8 Å². The Hall–Kier alpha value is -0.610. The summed E-state index contributed by atoms with van der Waals surface area (Å²) in [6.07, 6.45) is 7.02. The van der Waals surface area contributed by atoms with Crippen molar-refractivity contribution >= 4 is 5.97 Å². The van der Waals surface area contributed by atoms with Gasteiger partial charge < -0.3 is 9.84 Å². The maximum Gasteiger partial charge on any atom is 0.305 e. The Kier molecular flexibility index (Phi) is 4.40. The Balaban J connectivity index is 2.09. The van der Waals surface area contributed by atoms with E-state index in [2.05, 4.69) is 4.90 Å². The van der Waals surface area contributed by atoms with E-state index in [0.29, 0.717) is 13.2 Å². The van der Waals surface area contributed by atoms with Gasteiger partial charge in [0.2, 0.25) is 0 Å². The Morgan fingerprint density at radius 3 is 2.24 bits per heavy atom. The van der Waals surface area contributed by atoms with Gasteiger partial charge in [-0.1, -0.05) is 12.8 Å². The van der Waals surface area contributed by atoms with Crippen LogP contribution >= 0.6 is 0 Å². The van der Waals surface area contributed by atoms with Crippen molar-refractivity contribution in [3.8, 4) is 0 Å². The van der Waals surface area contributed by atoms with Crippen molar-refractivity contribution in [3.05, 3.63) is 0 Å². The molecule has 0 aromatic heterocycles. The molecule has 2 fully saturated rings. The molecule has 0 radical (unpaired) electrons. The van der Waals surface area contributed by atoms with E-state index in [1.807, 2.05) is 0 Å². The third-order valence-corrected chi connectivity index (χ3v) is 4.18. The number of aliphatic carboxylic acids is 1. The van der Waals surface area contributed by atoms with Crippen molar-refractivity contribution in [2.24, 2.45) is 0 Å². The van der Waals surface area contributed by atoms with E-state index in [1.54, 1.807) is 0 Å². The molecule has 0 atom stereocenters. The van der Waals surface area contributed by atoms with Crippen LogP contribution in [0.4, 0.5) is 0 Å². The van der Waals surface area contributed by atoms with E-state index in [-0.39, 0.29) is 12.0 Å². The quantitative estimate of drug-likeness (QED) is 0.819. The van der Waals surface area contributed by atoms with Crippen LogP contribution in [0.5, 0.6) is 0 Å². The van der Waals surface area contributed by atoms with Crippen LogP contribution in [0.25, 0.3) is 0 Å². The molecule has 0 aromatic rings. The summed E-state index contributed by atoms with van der Waals surface area (Å²) in [5, 5.41) is 9.16. The summed E-state index contributed by atoms with van der Waals surface area (Å²) in [5.74, 6) is -0.670. The number of ether oxygens (including phenoxy) is 1. The van der Waals surface area contributed by atoms with Crippen LogP contribution in [0.2, 0.25) is 0 Å². The third kappa shape index (κ3) is 3.19. The van der Waals surface area contributed by atoms with Gasteiger partial charge in [0.1, 0.15) is 0 Å². The first-order valence-electron chi connectivity index (χ1n) is 6.78. The largest absolute Gasteiger partial charge is 0.481 e. The number of hydrogen-bond acceptors (Lipinski definition) is 3. The average molecular weight is 241 g/mol. The van der Waals surface area contributed by atoms with E-state index >= 15 is 0 Å². The lowest BCUT2D eigenvalue weighted by atomic mass is 9.84. The zero-order valence-electron chi connectivity index (χ0n) is 10.5. The first-order chi connectivity index (χ1) is 8.23. The Labute approximate surface area is 103 Å². The van der Waals surface area contributed by atoms with Crippen molar-refractivity contribution in [1.29, 1.82) is 0 Å². The molecule has 0 amide bonds. The third-order valence-electron chi connectivity index (χ3n) is 4.18. The standard InChI is InChI=1S/C13H23NO3/c15-12(16)11-13(5-9-17-10-6-13)14-7-3-1-2-4-8-14/h1-11H2,(H,15,16).